The van der Waals surface area contributed by atoms with Crippen molar-refractivity contribution < 1.29 is 19.7 Å². The first-order valence-corrected chi connectivity index (χ1v) is 8.28. The second-order valence-corrected chi connectivity index (χ2v) is 6.97. The van der Waals surface area contributed by atoms with Gasteiger partial charge in [0, 0.05) is 10.4 Å². The highest BCUT2D eigenvalue weighted by Gasteiger charge is 2.35. The summed E-state index contributed by atoms with van der Waals surface area (Å²) >= 11 is 1.55. The molecule has 124 valence electrons. The summed E-state index contributed by atoms with van der Waals surface area (Å²) in [6, 6.07) is 4.85. The molecule has 0 aliphatic rings. The van der Waals surface area contributed by atoms with Gasteiger partial charge < -0.3 is 14.9 Å². The zero-order valence-electron chi connectivity index (χ0n) is 14.0. The third kappa shape index (κ3) is 4.08. The van der Waals surface area contributed by atoms with Crippen molar-refractivity contribution in [3.63, 3.8) is 0 Å². The number of ether oxygens (including phenoxy) is 1. The Labute approximate surface area is 136 Å². The number of nitrogens with zero attached hydrogens (tertiary/aromatic N) is 1. The highest BCUT2D eigenvalue weighted by Crippen LogP contribution is 2.33. The van der Waals surface area contributed by atoms with Gasteiger partial charge in [-0.25, -0.2) is 4.79 Å². The van der Waals surface area contributed by atoms with Crippen LogP contribution in [0.25, 0.3) is 0 Å². The molecule has 1 amide bonds. The van der Waals surface area contributed by atoms with E-state index in [4.69, 9.17) is 4.74 Å². The van der Waals surface area contributed by atoms with Gasteiger partial charge in [-0.15, -0.1) is 11.8 Å². The average molecular weight is 327 g/mol. The molecule has 0 spiro atoms. The zero-order valence-corrected chi connectivity index (χ0v) is 14.8. The van der Waals surface area contributed by atoms with Gasteiger partial charge in [0.1, 0.15) is 5.75 Å². The molecule has 0 aromatic heterocycles. The van der Waals surface area contributed by atoms with E-state index in [1.807, 2.05) is 33.1 Å². The molecular weight excluding hydrogens is 302 g/mol. The van der Waals surface area contributed by atoms with E-state index in [1.54, 1.807) is 37.9 Å². The van der Waals surface area contributed by atoms with E-state index in [0.29, 0.717) is 11.3 Å². The number of methoxy groups -OCH3 is 1. The topological polar surface area (TPSA) is 70.0 Å². The minimum Gasteiger partial charge on any atom is -0.496 e. The summed E-state index contributed by atoms with van der Waals surface area (Å²) in [5.41, 5.74) is 0.0351. The van der Waals surface area contributed by atoms with Gasteiger partial charge in [0.25, 0.3) is 0 Å². The number of aliphatic hydroxyl groups excluding tert-OH is 1. The van der Waals surface area contributed by atoms with Crippen LogP contribution in [0.5, 0.6) is 5.75 Å². The van der Waals surface area contributed by atoms with Crippen molar-refractivity contribution in [2.45, 2.75) is 50.3 Å². The predicted octanol–water partition coefficient (Wildman–Crippen LogP) is 3.62. The Morgan fingerprint density at radius 1 is 1.36 bits per heavy atom. The van der Waals surface area contributed by atoms with Crippen molar-refractivity contribution >= 4 is 17.9 Å². The van der Waals surface area contributed by atoms with E-state index in [-0.39, 0.29) is 0 Å². The van der Waals surface area contributed by atoms with Crippen LogP contribution >= 0.6 is 11.8 Å². The van der Waals surface area contributed by atoms with Crippen LogP contribution in [0.4, 0.5) is 4.79 Å². The third-order valence-electron chi connectivity index (χ3n) is 3.54. The molecule has 1 aromatic rings. The third-order valence-corrected chi connectivity index (χ3v) is 4.32. The predicted molar refractivity (Wildman–Crippen MR) is 88.8 cm³/mol. The van der Waals surface area contributed by atoms with Crippen LogP contribution < -0.4 is 4.74 Å². The Morgan fingerprint density at radius 3 is 2.36 bits per heavy atom. The molecule has 5 nitrogen and oxygen atoms in total. The number of thioether (sulfide) groups is 1. The van der Waals surface area contributed by atoms with Crippen LogP contribution in [0, 0.1) is 0 Å². The maximum atomic E-state index is 11.5. The molecule has 2 atom stereocenters. The van der Waals surface area contributed by atoms with Crippen LogP contribution in [0.3, 0.4) is 0 Å². The fourth-order valence-electron chi connectivity index (χ4n) is 2.53. The summed E-state index contributed by atoms with van der Waals surface area (Å²) in [6.07, 6.45) is -0.0330. The fourth-order valence-corrected chi connectivity index (χ4v) is 3.08. The minimum absolute atomic E-state index is 0.581. The van der Waals surface area contributed by atoms with E-state index in [9.17, 15) is 15.0 Å². The standard InChI is InChI=1S/C16H25NO4S/c1-10(17(15(19)20)16(2,3)4)14(18)11-7-8-13(22-6)12(9-11)21-5/h7-10,14,18H,1-6H3,(H,19,20)/t10-,14?/m1/s1. The van der Waals surface area contributed by atoms with Crippen LogP contribution in [0.1, 0.15) is 39.4 Å². The molecule has 0 heterocycles. The lowest BCUT2D eigenvalue weighted by Crippen LogP contribution is -2.52. The number of benzene rings is 1. The molecular formula is C16H25NO4S. The van der Waals surface area contributed by atoms with Crippen LogP contribution in [0.2, 0.25) is 0 Å². The van der Waals surface area contributed by atoms with Gasteiger partial charge in [0.2, 0.25) is 0 Å². The van der Waals surface area contributed by atoms with Gasteiger partial charge in [-0.1, -0.05) is 6.07 Å². The second kappa shape index (κ2) is 7.24. The van der Waals surface area contributed by atoms with Crippen LogP contribution in [-0.4, -0.2) is 46.2 Å². The molecule has 0 aliphatic carbocycles. The molecule has 0 saturated heterocycles. The fraction of sp³-hybridized carbons (Fsp3) is 0.562. The van der Waals surface area contributed by atoms with Gasteiger partial charge in [-0.05, 0) is 51.6 Å². The highest BCUT2D eigenvalue weighted by atomic mass is 32.2. The summed E-state index contributed by atoms with van der Waals surface area (Å²) in [5, 5.41) is 20.0. The molecule has 6 heteroatoms. The van der Waals surface area contributed by atoms with E-state index in [0.717, 1.165) is 4.90 Å². The van der Waals surface area contributed by atoms with Crippen molar-refractivity contribution in [2.75, 3.05) is 13.4 Å². The second-order valence-electron chi connectivity index (χ2n) is 6.12. The number of carboxylic acid groups (broad SMARTS) is 1. The van der Waals surface area contributed by atoms with E-state index in [2.05, 4.69) is 0 Å². The maximum Gasteiger partial charge on any atom is 0.408 e. The Kier molecular flexibility index (Phi) is 6.14. The smallest absolute Gasteiger partial charge is 0.408 e. The molecule has 2 N–H and O–H groups in total. The number of hydrogen-bond acceptors (Lipinski definition) is 4. The highest BCUT2D eigenvalue weighted by molar-refractivity contribution is 7.98. The summed E-state index contributed by atoms with van der Waals surface area (Å²) in [6.45, 7) is 7.13. The van der Waals surface area contributed by atoms with Gasteiger partial charge >= 0.3 is 6.09 Å². The summed E-state index contributed by atoms with van der Waals surface area (Å²) in [4.78, 5) is 13.8. The van der Waals surface area contributed by atoms with E-state index < -0.39 is 23.8 Å². The van der Waals surface area contributed by atoms with Gasteiger partial charge in [0.15, 0.2) is 0 Å². The largest absolute Gasteiger partial charge is 0.496 e. The lowest BCUT2D eigenvalue weighted by atomic mass is 9.97. The molecule has 0 aliphatic heterocycles. The first-order valence-electron chi connectivity index (χ1n) is 7.05. The molecule has 0 radical (unpaired) electrons. The van der Waals surface area contributed by atoms with Crippen LogP contribution in [0.15, 0.2) is 23.1 Å². The Hall–Kier alpha value is -1.40. The number of aliphatic hydroxyl groups is 1. The number of hydrogen-bond donors (Lipinski definition) is 2. The number of rotatable bonds is 5. The minimum atomic E-state index is -1.05. The van der Waals surface area contributed by atoms with Gasteiger partial charge in [-0.3, -0.25) is 4.90 Å². The van der Waals surface area contributed by atoms with Crippen molar-refractivity contribution in [3.8, 4) is 5.75 Å². The van der Waals surface area contributed by atoms with Crippen molar-refractivity contribution in [3.05, 3.63) is 23.8 Å². The van der Waals surface area contributed by atoms with Crippen molar-refractivity contribution in [2.24, 2.45) is 0 Å². The van der Waals surface area contributed by atoms with Crippen LogP contribution in [-0.2, 0) is 0 Å². The summed E-state index contributed by atoms with van der Waals surface area (Å²) in [7, 11) is 1.58. The maximum absolute atomic E-state index is 11.5. The Bertz CT molecular complexity index is 527. The first kappa shape index (κ1) is 18.6. The monoisotopic (exact) mass is 327 g/mol. The molecule has 1 rings (SSSR count). The average Bonchev–Trinajstić information content (AvgIpc) is 2.43. The first-order chi connectivity index (χ1) is 10.1. The lowest BCUT2D eigenvalue weighted by molar-refractivity contribution is 0.0140. The molecule has 22 heavy (non-hydrogen) atoms. The Morgan fingerprint density at radius 2 is 1.95 bits per heavy atom. The Balaban J connectivity index is 3.13. The quantitative estimate of drug-likeness (QED) is 0.808. The molecule has 0 saturated carbocycles. The van der Waals surface area contributed by atoms with Gasteiger partial charge in [0.05, 0.1) is 19.3 Å². The number of carbonyl (C=O) groups is 1. The van der Waals surface area contributed by atoms with Crippen molar-refractivity contribution in [1.82, 2.24) is 4.90 Å². The molecule has 0 fully saturated rings. The molecule has 1 unspecified atom stereocenters. The van der Waals surface area contributed by atoms with Gasteiger partial charge in [-0.2, -0.15) is 0 Å². The molecule has 0 bridgehead atoms. The van der Waals surface area contributed by atoms with Crippen molar-refractivity contribution in [1.29, 1.82) is 0 Å². The lowest BCUT2D eigenvalue weighted by Gasteiger charge is -2.40. The summed E-state index contributed by atoms with van der Waals surface area (Å²) < 4.78 is 5.32. The van der Waals surface area contributed by atoms with E-state index >= 15 is 0 Å². The van der Waals surface area contributed by atoms with E-state index in [1.165, 1.54) is 4.90 Å². The zero-order chi connectivity index (χ0) is 17.1. The molecule has 1 aromatic carbocycles. The number of amides is 1. The normalized spacial score (nSPS) is 14.3. The SMILES string of the molecule is COc1cc(C(O)[C@@H](C)N(C(=O)O)C(C)(C)C)ccc1SC. The summed E-state index contributed by atoms with van der Waals surface area (Å²) in [5.74, 6) is 0.675.